The van der Waals surface area contributed by atoms with Crippen LogP contribution < -0.4 is 4.74 Å². The fourth-order valence-electron chi connectivity index (χ4n) is 7.90. The molecule has 1 N–H and O–H groups in total. The zero-order valence-corrected chi connectivity index (χ0v) is 25.6. The lowest BCUT2D eigenvalue weighted by atomic mass is 9.57. The van der Waals surface area contributed by atoms with Crippen LogP contribution in [0.4, 0.5) is 0 Å². The molecule has 0 aromatic heterocycles. The Morgan fingerprint density at radius 2 is 1.34 bits per heavy atom. The van der Waals surface area contributed by atoms with Crippen molar-refractivity contribution in [1.29, 1.82) is 0 Å². The van der Waals surface area contributed by atoms with Crippen LogP contribution in [0.15, 0.2) is 88.9 Å². The fourth-order valence-corrected chi connectivity index (χ4v) is 8.35. The van der Waals surface area contributed by atoms with Gasteiger partial charge in [-0.2, -0.15) is 0 Å². The van der Waals surface area contributed by atoms with Gasteiger partial charge in [-0.05, 0) is 42.0 Å². The molecule has 6 atom stereocenters. The van der Waals surface area contributed by atoms with Gasteiger partial charge in [-0.25, -0.2) is 0 Å². The van der Waals surface area contributed by atoms with Crippen LogP contribution in [0.3, 0.4) is 0 Å². The van der Waals surface area contributed by atoms with Gasteiger partial charge in [0.05, 0.1) is 43.9 Å². The highest BCUT2D eigenvalue weighted by atomic mass is 79.9. The number of imide groups is 2. The Hall–Kier alpha value is -4.24. The van der Waals surface area contributed by atoms with Crippen LogP contribution in [-0.2, 0) is 32.3 Å². The zero-order valence-electron chi connectivity index (χ0n) is 24.1. The van der Waals surface area contributed by atoms with Gasteiger partial charge in [0, 0.05) is 16.0 Å². The maximum absolute atomic E-state index is 14.2. The summed E-state index contributed by atoms with van der Waals surface area (Å²) in [5.74, 6) is -4.64. The van der Waals surface area contributed by atoms with Crippen LogP contribution in [0.25, 0.3) is 0 Å². The van der Waals surface area contributed by atoms with Crippen LogP contribution in [-0.4, -0.2) is 45.6 Å². The van der Waals surface area contributed by atoms with Gasteiger partial charge in [-0.15, -0.1) is 0 Å². The molecule has 44 heavy (non-hydrogen) atoms. The van der Waals surface area contributed by atoms with Crippen molar-refractivity contribution in [2.24, 2.45) is 29.6 Å². The third-order valence-corrected chi connectivity index (χ3v) is 10.3. The van der Waals surface area contributed by atoms with Crippen molar-refractivity contribution in [3.05, 3.63) is 106 Å². The van der Waals surface area contributed by atoms with E-state index in [1.807, 2.05) is 66.7 Å². The smallest absolute Gasteiger partial charge is 0.234 e. The number of hydrogen-bond donors (Lipinski definition) is 1. The molecule has 3 aromatic rings. The van der Waals surface area contributed by atoms with Gasteiger partial charge in [0.1, 0.15) is 0 Å². The number of aromatic hydroxyl groups is 1. The Kier molecular flexibility index (Phi) is 7.16. The Labute approximate surface area is 263 Å². The van der Waals surface area contributed by atoms with E-state index in [0.717, 1.165) is 16.7 Å². The third-order valence-electron chi connectivity index (χ3n) is 9.82. The minimum Gasteiger partial charge on any atom is -0.504 e. The molecule has 8 nitrogen and oxygen atoms in total. The number of ether oxygens (including phenoxy) is 1. The quantitative estimate of drug-likeness (QED) is 0.290. The van der Waals surface area contributed by atoms with Crippen LogP contribution >= 0.6 is 15.9 Å². The first kappa shape index (κ1) is 28.5. The standard InChI is InChI=1S/C35H31BrN2O6/c1-44-27-15-21(36)14-25(31(27)39)28-22-12-13-23-29(34(42)37(32(23)40)17-19-8-4-2-5-9-19)24(22)16-26-30(28)35(43)38(33(26)41)18-20-10-6-3-7-11-20/h2-12,14-15,23-24,26,28-30,39H,13,16-18H2,1H3. The van der Waals surface area contributed by atoms with Crippen molar-refractivity contribution >= 4 is 39.6 Å². The van der Waals surface area contributed by atoms with Gasteiger partial charge in [0.15, 0.2) is 11.5 Å². The first-order valence-electron chi connectivity index (χ1n) is 14.8. The van der Waals surface area contributed by atoms with E-state index in [4.69, 9.17) is 4.74 Å². The predicted octanol–water partition coefficient (Wildman–Crippen LogP) is 5.20. The molecule has 4 amide bonds. The maximum atomic E-state index is 14.2. The molecule has 9 heteroatoms. The molecule has 1 saturated carbocycles. The van der Waals surface area contributed by atoms with E-state index in [-0.39, 0.29) is 54.6 Å². The number of rotatable bonds is 6. The Morgan fingerprint density at radius 3 is 1.93 bits per heavy atom. The molecule has 4 aliphatic rings. The molecule has 6 unspecified atom stereocenters. The molecule has 2 aliphatic heterocycles. The lowest BCUT2D eigenvalue weighted by molar-refractivity contribution is -0.142. The maximum Gasteiger partial charge on any atom is 0.234 e. The summed E-state index contributed by atoms with van der Waals surface area (Å²) in [6.07, 6.45) is 2.62. The van der Waals surface area contributed by atoms with E-state index in [1.165, 1.54) is 16.9 Å². The van der Waals surface area contributed by atoms with Crippen molar-refractivity contribution < 1.29 is 29.0 Å². The van der Waals surface area contributed by atoms with Gasteiger partial charge >= 0.3 is 0 Å². The second-order valence-corrected chi connectivity index (χ2v) is 13.0. The van der Waals surface area contributed by atoms with E-state index in [2.05, 4.69) is 15.9 Å². The van der Waals surface area contributed by atoms with Crippen molar-refractivity contribution in [3.63, 3.8) is 0 Å². The Bertz CT molecular complexity index is 1710. The summed E-state index contributed by atoms with van der Waals surface area (Å²) in [5.41, 5.74) is 2.98. The summed E-state index contributed by atoms with van der Waals surface area (Å²) in [7, 11) is 1.46. The fraction of sp³-hybridized carbons (Fsp3) is 0.314. The first-order valence-corrected chi connectivity index (χ1v) is 15.6. The molecule has 2 saturated heterocycles. The minimum absolute atomic E-state index is 0.107. The summed E-state index contributed by atoms with van der Waals surface area (Å²) in [4.78, 5) is 58.6. The molecule has 224 valence electrons. The third kappa shape index (κ3) is 4.48. The topological polar surface area (TPSA) is 104 Å². The van der Waals surface area contributed by atoms with Gasteiger partial charge in [0.25, 0.3) is 0 Å². The number of carbonyl (C=O) groups is 4. The lowest BCUT2D eigenvalue weighted by Gasteiger charge is -2.44. The zero-order chi connectivity index (χ0) is 30.7. The number of halogens is 1. The summed E-state index contributed by atoms with van der Waals surface area (Å²) in [6.45, 7) is 0.332. The monoisotopic (exact) mass is 654 g/mol. The van der Waals surface area contributed by atoms with E-state index >= 15 is 0 Å². The van der Waals surface area contributed by atoms with E-state index < -0.39 is 35.5 Å². The molecular weight excluding hydrogens is 624 g/mol. The van der Waals surface area contributed by atoms with Crippen molar-refractivity contribution in [2.45, 2.75) is 31.8 Å². The van der Waals surface area contributed by atoms with Gasteiger partial charge in [-0.3, -0.25) is 29.0 Å². The molecule has 3 fully saturated rings. The molecule has 2 aliphatic carbocycles. The normalized spacial score (nSPS) is 27.6. The number of allylic oxidation sites excluding steroid dienone is 2. The molecular formula is C35H31BrN2O6. The number of benzene rings is 3. The number of methoxy groups -OCH3 is 1. The van der Waals surface area contributed by atoms with Gasteiger partial charge < -0.3 is 9.84 Å². The van der Waals surface area contributed by atoms with Crippen molar-refractivity contribution in [3.8, 4) is 11.5 Å². The van der Waals surface area contributed by atoms with Crippen molar-refractivity contribution in [2.75, 3.05) is 7.11 Å². The summed E-state index contributed by atoms with van der Waals surface area (Å²) in [6, 6.07) is 22.2. The van der Waals surface area contributed by atoms with Crippen LogP contribution in [0.1, 0.15) is 35.4 Å². The largest absolute Gasteiger partial charge is 0.504 e. The highest BCUT2D eigenvalue weighted by Gasteiger charge is 2.62. The number of hydrogen-bond acceptors (Lipinski definition) is 6. The Morgan fingerprint density at radius 1 is 0.773 bits per heavy atom. The molecule has 0 spiro atoms. The predicted molar refractivity (Wildman–Crippen MR) is 164 cm³/mol. The second kappa shape index (κ2) is 11.0. The molecule has 0 radical (unpaired) electrons. The number of fused-ring (bicyclic) bond motifs is 4. The number of amides is 4. The number of likely N-dealkylation sites (tertiary alicyclic amines) is 2. The average molecular weight is 656 g/mol. The van der Waals surface area contributed by atoms with Gasteiger partial charge in [0.2, 0.25) is 23.6 Å². The summed E-state index contributed by atoms with van der Waals surface area (Å²) in [5, 5.41) is 11.4. The first-order chi connectivity index (χ1) is 21.3. The van der Waals surface area contributed by atoms with Crippen molar-refractivity contribution in [1.82, 2.24) is 9.80 Å². The molecule has 7 rings (SSSR count). The minimum atomic E-state index is -0.761. The molecule has 0 bridgehead atoms. The number of phenols is 1. The highest BCUT2D eigenvalue weighted by Crippen LogP contribution is 2.59. The van der Waals surface area contributed by atoms with Crippen LogP contribution in [0.2, 0.25) is 0 Å². The molecule has 3 aromatic carbocycles. The van der Waals surface area contributed by atoms with E-state index in [1.54, 1.807) is 12.1 Å². The van der Waals surface area contributed by atoms with Crippen LogP contribution in [0, 0.1) is 29.6 Å². The van der Waals surface area contributed by atoms with Gasteiger partial charge in [-0.1, -0.05) is 88.2 Å². The molecule has 2 heterocycles. The van der Waals surface area contributed by atoms with E-state index in [9.17, 15) is 24.3 Å². The SMILES string of the molecule is COc1cc(Br)cc(C2C3=CCC4C(=O)N(Cc5ccccc5)C(=O)C4C3CC3C(=O)N(Cc4ccccc4)C(=O)C32)c1O. The lowest BCUT2D eigenvalue weighted by Crippen LogP contribution is -2.43. The second-order valence-electron chi connectivity index (χ2n) is 12.1. The highest BCUT2D eigenvalue weighted by molar-refractivity contribution is 9.10. The summed E-state index contributed by atoms with van der Waals surface area (Å²) < 4.78 is 6.10. The number of nitrogens with zero attached hydrogens (tertiary/aromatic N) is 2. The number of phenolic OH excluding ortho intramolecular Hbond substituents is 1. The number of carbonyl (C=O) groups excluding carboxylic acids is 4. The van der Waals surface area contributed by atoms with Crippen LogP contribution in [0.5, 0.6) is 11.5 Å². The average Bonchev–Trinajstić information content (AvgIpc) is 3.42. The summed E-state index contributed by atoms with van der Waals surface area (Å²) >= 11 is 3.52. The Balaban J connectivity index is 1.31. The van der Waals surface area contributed by atoms with E-state index in [0.29, 0.717) is 16.5 Å².